The minimum Gasteiger partial charge on any atom is -0.493 e. The second-order valence-electron chi connectivity index (χ2n) is 3.48. The zero-order valence-electron chi connectivity index (χ0n) is 10.1. The molecule has 1 aromatic carbocycles. The van der Waals surface area contributed by atoms with E-state index in [1.165, 1.54) is 17.3 Å². The van der Waals surface area contributed by atoms with Crippen LogP contribution in [0, 0.1) is 6.92 Å². The van der Waals surface area contributed by atoms with Gasteiger partial charge in [0.15, 0.2) is 5.17 Å². The van der Waals surface area contributed by atoms with Crippen molar-refractivity contribution in [1.82, 2.24) is 0 Å². The Balaban J connectivity index is 2.20. The van der Waals surface area contributed by atoms with Gasteiger partial charge in [-0.2, -0.15) is 0 Å². The van der Waals surface area contributed by atoms with Crippen LogP contribution in [0.15, 0.2) is 41.9 Å². The first-order chi connectivity index (χ1) is 8.22. The van der Waals surface area contributed by atoms with Gasteiger partial charge in [-0.05, 0) is 19.1 Å². The summed E-state index contributed by atoms with van der Waals surface area (Å²) >= 11 is 1.49. The first-order valence-electron chi connectivity index (χ1n) is 5.45. The van der Waals surface area contributed by atoms with Gasteiger partial charge in [0, 0.05) is 5.75 Å². The lowest BCUT2D eigenvalue weighted by Gasteiger charge is -2.05. The molecule has 2 N–H and O–H groups in total. The Morgan fingerprint density at radius 3 is 2.82 bits per heavy atom. The minimum absolute atomic E-state index is 0.567. The summed E-state index contributed by atoms with van der Waals surface area (Å²) in [6.45, 7) is 6.82. The van der Waals surface area contributed by atoms with E-state index < -0.39 is 0 Å². The third-order valence-electron chi connectivity index (χ3n) is 2.00. The van der Waals surface area contributed by atoms with E-state index in [9.17, 15) is 0 Å². The molecule has 17 heavy (non-hydrogen) atoms. The fourth-order valence-corrected chi connectivity index (χ4v) is 1.68. The molecule has 0 bridgehead atoms. The second kappa shape index (κ2) is 7.79. The summed E-state index contributed by atoms with van der Waals surface area (Å²) < 4.78 is 5.56. The molecular formula is C13H18N2OS. The van der Waals surface area contributed by atoms with Gasteiger partial charge in [-0.15, -0.1) is 6.58 Å². The number of rotatable bonds is 6. The Labute approximate surface area is 107 Å². The molecule has 0 unspecified atom stereocenters. The zero-order chi connectivity index (χ0) is 12.5. The molecule has 92 valence electrons. The summed E-state index contributed by atoms with van der Waals surface area (Å²) in [6.07, 6.45) is 1.72. The van der Waals surface area contributed by atoms with E-state index in [2.05, 4.69) is 18.5 Å². The van der Waals surface area contributed by atoms with Gasteiger partial charge in [0.1, 0.15) is 5.75 Å². The molecule has 0 aliphatic heterocycles. The van der Waals surface area contributed by atoms with Crippen molar-refractivity contribution in [1.29, 1.82) is 0 Å². The second-order valence-corrected chi connectivity index (χ2v) is 4.59. The van der Waals surface area contributed by atoms with Crippen molar-refractivity contribution < 1.29 is 4.74 Å². The van der Waals surface area contributed by atoms with Gasteiger partial charge in [-0.25, -0.2) is 0 Å². The van der Waals surface area contributed by atoms with Crippen LogP contribution in [0.5, 0.6) is 5.75 Å². The molecule has 0 heterocycles. The lowest BCUT2D eigenvalue weighted by atomic mass is 10.2. The van der Waals surface area contributed by atoms with Crippen LogP contribution < -0.4 is 10.5 Å². The Morgan fingerprint density at radius 2 is 2.18 bits per heavy atom. The summed E-state index contributed by atoms with van der Waals surface area (Å²) in [5.74, 6) is 1.68. The van der Waals surface area contributed by atoms with Crippen LogP contribution in [0.3, 0.4) is 0 Å². The number of aryl methyl sites for hydroxylation is 1. The van der Waals surface area contributed by atoms with Crippen molar-refractivity contribution in [2.24, 2.45) is 10.7 Å². The highest BCUT2D eigenvalue weighted by atomic mass is 32.2. The van der Waals surface area contributed by atoms with E-state index in [1.807, 2.05) is 24.3 Å². The molecule has 0 aromatic heterocycles. The van der Waals surface area contributed by atoms with Crippen LogP contribution in [0.2, 0.25) is 0 Å². The predicted molar refractivity (Wildman–Crippen MR) is 75.8 cm³/mol. The molecule has 0 fully saturated rings. The van der Waals surface area contributed by atoms with E-state index in [-0.39, 0.29) is 0 Å². The first-order valence-corrected chi connectivity index (χ1v) is 6.44. The lowest BCUT2D eigenvalue weighted by molar-refractivity contribution is 0.344. The highest BCUT2D eigenvalue weighted by Gasteiger charge is 1.95. The molecule has 0 spiro atoms. The minimum atomic E-state index is 0.567. The van der Waals surface area contributed by atoms with E-state index >= 15 is 0 Å². The Morgan fingerprint density at radius 1 is 1.47 bits per heavy atom. The van der Waals surface area contributed by atoms with Gasteiger partial charge in [-0.1, -0.05) is 35.5 Å². The van der Waals surface area contributed by atoms with Gasteiger partial charge >= 0.3 is 0 Å². The summed E-state index contributed by atoms with van der Waals surface area (Å²) in [6, 6.07) is 8.00. The Hall–Kier alpha value is -1.42. The van der Waals surface area contributed by atoms with Gasteiger partial charge in [0.25, 0.3) is 0 Å². The molecule has 4 heteroatoms. The highest BCUT2D eigenvalue weighted by Crippen LogP contribution is 2.11. The van der Waals surface area contributed by atoms with Gasteiger partial charge in [-0.3, -0.25) is 4.99 Å². The van der Waals surface area contributed by atoms with Crippen molar-refractivity contribution in [2.45, 2.75) is 6.92 Å². The third-order valence-corrected chi connectivity index (χ3v) is 2.79. The van der Waals surface area contributed by atoms with Crippen LogP contribution in [0.25, 0.3) is 0 Å². The smallest absolute Gasteiger partial charge is 0.154 e. The van der Waals surface area contributed by atoms with Crippen molar-refractivity contribution in [3.8, 4) is 5.75 Å². The number of hydrogen-bond donors (Lipinski definition) is 1. The molecule has 1 aromatic rings. The van der Waals surface area contributed by atoms with Crippen molar-refractivity contribution in [3.63, 3.8) is 0 Å². The monoisotopic (exact) mass is 250 g/mol. The maximum absolute atomic E-state index is 5.67. The molecular weight excluding hydrogens is 232 g/mol. The lowest BCUT2D eigenvalue weighted by Crippen LogP contribution is -2.10. The fraction of sp³-hybridized carbons (Fsp3) is 0.308. The average molecular weight is 250 g/mol. The average Bonchev–Trinajstić information content (AvgIpc) is 2.34. The van der Waals surface area contributed by atoms with Crippen LogP contribution in [0.1, 0.15) is 5.56 Å². The molecule has 3 nitrogen and oxygen atoms in total. The van der Waals surface area contributed by atoms with E-state index in [1.54, 1.807) is 6.08 Å². The van der Waals surface area contributed by atoms with Crippen LogP contribution in [-0.2, 0) is 0 Å². The number of aliphatic imine (C=N–C) groups is 1. The number of thioether (sulfide) groups is 1. The molecule has 0 aliphatic rings. The standard InChI is InChI=1S/C13H18N2OS/c1-3-8-15-13(14)17-10-9-16-12-6-4-11(2)5-7-12/h3-7H,1,8-10H2,2H3,(H2,14,15). The number of benzene rings is 1. The predicted octanol–water partition coefficient (Wildman–Crippen LogP) is 2.61. The van der Waals surface area contributed by atoms with E-state index in [0.29, 0.717) is 18.3 Å². The molecule has 1 rings (SSSR count). The SMILES string of the molecule is C=CCN=C(N)SCCOc1ccc(C)cc1. The third kappa shape index (κ3) is 6.02. The van der Waals surface area contributed by atoms with Crippen molar-refractivity contribution >= 4 is 16.9 Å². The van der Waals surface area contributed by atoms with Crippen LogP contribution in [-0.4, -0.2) is 24.1 Å². The van der Waals surface area contributed by atoms with Gasteiger partial charge in [0.2, 0.25) is 0 Å². The van der Waals surface area contributed by atoms with Crippen molar-refractivity contribution in [2.75, 3.05) is 18.9 Å². The molecule has 0 saturated carbocycles. The number of nitrogens with two attached hydrogens (primary N) is 1. The molecule has 0 aliphatic carbocycles. The first kappa shape index (κ1) is 13.6. The largest absolute Gasteiger partial charge is 0.493 e. The molecule has 0 radical (unpaired) electrons. The number of amidine groups is 1. The summed E-state index contributed by atoms with van der Waals surface area (Å²) in [4.78, 5) is 4.08. The highest BCUT2D eigenvalue weighted by molar-refractivity contribution is 8.13. The Bertz CT molecular complexity index is 374. The van der Waals surface area contributed by atoms with Crippen molar-refractivity contribution in [3.05, 3.63) is 42.5 Å². The van der Waals surface area contributed by atoms with E-state index in [0.717, 1.165) is 11.5 Å². The fourth-order valence-electron chi connectivity index (χ4n) is 1.14. The topological polar surface area (TPSA) is 47.6 Å². The van der Waals surface area contributed by atoms with Crippen LogP contribution >= 0.6 is 11.8 Å². The van der Waals surface area contributed by atoms with Crippen LogP contribution in [0.4, 0.5) is 0 Å². The molecule has 0 atom stereocenters. The Kier molecular flexibility index (Phi) is 6.25. The maximum Gasteiger partial charge on any atom is 0.154 e. The number of nitrogens with zero attached hydrogens (tertiary/aromatic N) is 1. The quantitative estimate of drug-likeness (QED) is 0.365. The maximum atomic E-state index is 5.67. The zero-order valence-corrected chi connectivity index (χ0v) is 10.9. The molecule has 0 saturated heterocycles. The molecule has 0 amide bonds. The summed E-state index contributed by atoms with van der Waals surface area (Å²) in [7, 11) is 0. The normalized spacial score (nSPS) is 11.2. The number of ether oxygens (including phenoxy) is 1. The van der Waals surface area contributed by atoms with Gasteiger partial charge < -0.3 is 10.5 Å². The number of hydrogen-bond acceptors (Lipinski definition) is 3. The van der Waals surface area contributed by atoms with Gasteiger partial charge in [0.05, 0.1) is 13.2 Å². The summed E-state index contributed by atoms with van der Waals surface area (Å²) in [5.41, 5.74) is 6.90. The summed E-state index contributed by atoms with van der Waals surface area (Å²) in [5, 5.41) is 0.581. The van der Waals surface area contributed by atoms with E-state index in [4.69, 9.17) is 10.5 Å².